The molecule has 442 valence electrons. The van der Waals surface area contributed by atoms with Crippen LogP contribution in [0.15, 0.2) is 109 Å². The second-order valence-electron chi connectivity index (χ2n) is 21.7. The minimum absolute atomic E-state index is 0.0366. The van der Waals surface area contributed by atoms with Gasteiger partial charge in [0.1, 0.15) is 19.8 Å². The number of likely N-dealkylation sites (N-methyl/N-ethyl adjacent to an activating group) is 1. The number of unbranched alkanes of at least 4 members (excludes halogenated alkanes) is 24. The number of phosphoric ester groups is 1. The third-order valence-corrected chi connectivity index (χ3v) is 14.0. The lowest BCUT2D eigenvalue weighted by molar-refractivity contribution is -0.870. The van der Waals surface area contributed by atoms with Crippen LogP contribution in [-0.4, -0.2) is 70.0 Å². The summed E-state index contributed by atoms with van der Waals surface area (Å²) >= 11 is 0. The summed E-state index contributed by atoms with van der Waals surface area (Å²) in [6.45, 7) is 4.12. The summed E-state index contributed by atoms with van der Waals surface area (Å²) in [5, 5.41) is 0. The quantitative estimate of drug-likeness (QED) is 0.0195. The minimum atomic E-state index is -4.64. The predicted octanol–water partition coefficient (Wildman–Crippen LogP) is 19.1. The Morgan fingerprint density at radius 1 is 0.416 bits per heavy atom. The van der Waals surface area contributed by atoms with Gasteiger partial charge in [-0.25, -0.2) is 0 Å². The van der Waals surface area contributed by atoms with Gasteiger partial charge in [-0.15, -0.1) is 0 Å². The fourth-order valence-corrected chi connectivity index (χ4v) is 8.98. The number of carbonyl (C=O) groups is 2. The van der Waals surface area contributed by atoms with Gasteiger partial charge in [0.25, 0.3) is 7.82 Å². The number of esters is 2. The lowest BCUT2D eigenvalue weighted by Gasteiger charge is -2.28. The molecule has 0 rings (SSSR count). The molecule has 2 atom stereocenters. The van der Waals surface area contributed by atoms with Crippen LogP contribution in [0, 0.1) is 0 Å². The molecule has 77 heavy (non-hydrogen) atoms. The first kappa shape index (κ1) is 73.7. The summed E-state index contributed by atoms with van der Waals surface area (Å²) in [5.41, 5.74) is 0. The molecule has 0 heterocycles. The Kier molecular flexibility index (Phi) is 54.9. The highest BCUT2D eigenvalue weighted by Crippen LogP contribution is 2.38. The maximum Gasteiger partial charge on any atom is 0.306 e. The van der Waals surface area contributed by atoms with Crippen molar-refractivity contribution in [3.05, 3.63) is 109 Å². The van der Waals surface area contributed by atoms with E-state index < -0.39 is 26.5 Å². The van der Waals surface area contributed by atoms with Crippen molar-refractivity contribution in [2.24, 2.45) is 0 Å². The van der Waals surface area contributed by atoms with Gasteiger partial charge in [0.2, 0.25) is 0 Å². The van der Waals surface area contributed by atoms with Crippen LogP contribution < -0.4 is 4.89 Å². The van der Waals surface area contributed by atoms with Gasteiger partial charge in [-0.3, -0.25) is 14.2 Å². The van der Waals surface area contributed by atoms with Crippen molar-refractivity contribution in [3.63, 3.8) is 0 Å². The van der Waals surface area contributed by atoms with Gasteiger partial charge >= 0.3 is 11.9 Å². The van der Waals surface area contributed by atoms with Crippen LogP contribution in [0.2, 0.25) is 0 Å². The van der Waals surface area contributed by atoms with E-state index in [0.29, 0.717) is 17.4 Å². The zero-order chi connectivity index (χ0) is 56.3. The molecule has 9 nitrogen and oxygen atoms in total. The van der Waals surface area contributed by atoms with E-state index in [4.69, 9.17) is 18.5 Å². The molecular formula is C67H116NO8P. The summed E-state index contributed by atoms with van der Waals surface area (Å²) in [6, 6.07) is 0. The van der Waals surface area contributed by atoms with Crippen LogP contribution in [0.3, 0.4) is 0 Å². The average molecular weight is 1090 g/mol. The second kappa shape index (κ2) is 57.4. The normalized spacial score (nSPS) is 14.0. The maximum atomic E-state index is 12.8. The van der Waals surface area contributed by atoms with E-state index in [9.17, 15) is 19.0 Å². The molecule has 0 aliphatic carbocycles. The predicted molar refractivity (Wildman–Crippen MR) is 328 cm³/mol. The lowest BCUT2D eigenvalue weighted by Crippen LogP contribution is -2.37. The molecule has 0 aromatic rings. The van der Waals surface area contributed by atoms with Gasteiger partial charge in [-0.1, -0.05) is 245 Å². The summed E-state index contributed by atoms with van der Waals surface area (Å²) in [4.78, 5) is 37.9. The Balaban J connectivity index is 4.14. The van der Waals surface area contributed by atoms with E-state index in [1.54, 1.807) is 0 Å². The third kappa shape index (κ3) is 61.7. The molecule has 0 saturated carbocycles. The molecule has 10 heteroatoms. The van der Waals surface area contributed by atoms with E-state index in [1.807, 2.05) is 21.1 Å². The van der Waals surface area contributed by atoms with Crippen molar-refractivity contribution < 1.29 is 42.1 Å². The number of nitrogens with zero attached hydrogens (tertiary/aromatic N) is 1. The largest absolute Gasteiger partial charge is 0.756 e. The molecule has 0 bridgehead atoms. The number of rotatable bonds is 56. The minimum Gasteiger partial charge on any atom is -0.756 e. The Bertz CT molecular complexity index is 1670. The van der Waals surface area contributed by atoms with Gasteiger partial charge in [0.15, 0.2) is 6.10 Å². The number of ether oxygens (including phenoxy) is 2. The smallest absolute Gasteiger partial charge is 0.306 e. The molecule has 0 aliphatic rings. The standard InChI is InChI=1S/C67H116NO8P/c1-6-8-10-12-14-16-18-20-22-24-26-27-28-29-30-31-32-33-34-35-36-37-38-39-40-41-42-44-46-48-50-52-54-56-58-60-67(70)76-65(64-75-77(71,72)74-62-61-68(3,4)5)63-73-66(69)59-57-55-53-51-49-47-45-43-25-23-21-19-17-15-13-11-9-7-2/h8,10,14,16,20,22-23,25-27,29-30,32-33,35-36,38-39,65H,6-7,9,11-13,15,17-19,21,24,28,31,34,37,40-64H2,1-5H3/b10-8-,16-14-,22-20-,25-23-,27-26-,30-29-,33-32-,36-35-,39-38-. The SMILES string of the molecule is CC/C=C\C/C=C\C/C=C\C/C=C\C/C=C\C/C=C\C/C=C\C/C=C\CCCCCCCCCCCCC(=O)OC(COC(=O)CCCCCCCCC/C=C\CCCCCCCCC)COP(=O)([O-])OCC[N+](C)(C)C. The van der Waals surface area contributed by atoms with E-state index >= 15 is 0 Å². The summed E-state index contributed by atoms with van der Waals surface area (Å²) in [7, 11) is 1.15. The van der Waals surface area contributed by atoms with Crippen molar-refractivity contribution in [1.82, 2.24) is 0 Å². The fraction of sp³-hybridized carbons (Fsp3) is 0.701. The van der Waals surface area contributed by atoms with Crippen molar-refractivity contribution in [3.8, 4) is 0 Å². The van der Waals surface area contributed by atoms with Crippen LogP contribution in [-0.2, 0) is 32.7 Å². The highest BCUT2D eigenvalue weighted by atomic mass is 31.2. The van der Waals surface area contributed by atoms with Crippen molar-refractivity contribution >= 4 is 19.8 Å². The van der Waals surface area contributed by atoms with E-state index in [2.05, 4.69) is 123 Å². The average Bonchev–Trinajstić information content (AvgIpc) is 3.39. The molecule has 0 aromatic heterocycles. The number of carbonyl (C=O) groups excluding carboxylic acids is 2. The maximum absolute atomic E-state index is 12.8. The second-order valence-corrected chi connectivity index (χ2v) is 23.1. The molecule has 0 fully saturated rings. The Labute approximate surface area is 474 Å². The summed E-state index contributed by atoms with van der Waals surface area (Å²) < 4.78 is 34.2. The number of phosphoric acid groups is 1. The molecule has 0 aromatic carbocycles. The Hall–Kier alpha value is -3.33. The molecule has 0 aliphatic heterocycles. The van der Waals surface area contributed by atoms with E-state index in [0.717, 1.165) is 109 Å². The van der Waals surface area contributed by atoms with Crippen molar-refractivity contribution in [1.29, 1.82) is 0 Å². The highest BCUT2D eigenvalue weighted by Gasteiger charge is 2.22. The number of hydrogen-bond acceptors (Lipinski definition) is 8. The van der Waals surface area contributed by atoms with Crippen LogP contribution >= 0.6 is 7.82 Å². The Morgan fingerprint density at radius 2 is 0.740 bits per heavy atom. The van der Waals surface area contributed by atoms with Crippen LogP contribution in [0.25, 0.3) is 0 Å². The fourth-order valence-electron chi connectivity index (χ4n) is 8.25. The first-order valence-electron chi connectivity index (χ1n) is 31.1. The highest BCUT2D eigenvalue weighted by molar-refractivity contribution is 7.45. The van der Waals surface area contributed by atoms with Gasteiger partial charge in [-0.05, 0) is 103 Å². The zero-order valence-corrected chi connectivity index (χ0v) is 51.0. The number of allylic oxidation sites excluding steroid dienone is 18. The first-order chi connectivity index (χ1) is 37.5. The van der Waals surface area contributed by atoms with Crippen LogP contribution in [0.4, 0.5) is 0 Å². The molecule has 0 spiro atoms. The first-order valence-corrected chi connectivity index (χ1v) is 32.6. The summed E-state index contributed by atoms with van der Waals surface area (Å²) in [5.74, 6) is -0.844. The summed E-state index contributed by atoms with van der Waals surface area (Å²) in [6.07, 6.45) is 80.0. The van der Waals surface area contributed by atoms with Crippen molar-refractivity contribution in [2.75, 3.05) is 47.5 Å². The monoisotopic (exact) mass is 1090 g/mol. The van der Waals surface area contributed by atoms with Crippen LogP contribution in [0.1, 0.15) is 251 Å². The Morgan fingerprint density at radius 3 is 1.12 bits per heavy atom. The van der Waals surface area contributed by atoms with Crippen molar-refractivity contribution in [2.45, 2.75) is 258 Å². The molecule has 0 amide bonds. The zero-order valence-electron chi connectivity index (χ0n) is 50.1. The molecule has 0 radical (unpaired) electrons. The third-order valence-electron chi connectivity index (χ3n) is 13.0. The molecule has 0 N–H and O–H groups in total. The van der Waals surface area contributed by atoms with E-state index in [1.165, 1.54) is 109 Å². The van der Waals surface area contributed by atoms with Gasteiger partial charge < -0.3 is 27.9 Å². The van der Waals surface area contributed by atoms with E-state index in [-0.39, 0.29) is 32.0 Å². The molecular weight excluding hydrogens is 978 g/mol. The van der Waals surface area contributed by atoms with Gasteiger partial charge in [0.05, 0.1) is 27.7 Å². The molecule has 2 unspecified atom stereocenters. The topological polar surface area (TPSA) is 111 Å². The lowest BCUT2D eigenvalue weighted by atomic mass is 10.0. The number of quaternary nitrogens is 1. The molecule has 0 saturated heterocycles. The van der Waals surface area contributed by atoms with Gasteiger partial charge in [0, 0.05) is 12.8 Å². The van der Waals surface area contributed by atoms with Crippen LogP contribution in [0.5, 0.6) is 0 Å². The number of hydrogen-bond donors (Lipinski definition) is 0. The van der Waals surface area contributed by atoms with Gasteiger partial charge in [-0.2, -0.15) is 0 Å².